The van der Waals surface area contributed by atoms with Gasteiger partial charge in [0.25, 0.3) is 0 Å². The summed E-state index contributed by atoms with van der Waals surface area (Å²) in [5, 5.41) is 32.8. The van der Waals surface area contributed by atoms with Crippen LogP contribution in [0.15, 0.2) is 89.7 Å². The molecule has 0 radical (unpaired) electrons. The number of hydrogen-bond acceptors (Lipinski definition) is 9. The van der Waals surface area contributed by atoms with Gasteiger partial charge in [-0.25, -0.2) is 9.59 Å². The Kier molecular flexibility index (Phi) is 11.0. The molecule has 3 N–H and O–H groups in total. The minimum absolute atomic E-state index is 0.0149. The molecule has 1 aliphatic rings. The maximum Gasteiger partial charge on any atom is 0.407 e. The van der Waals surface area contributed by atoms with E-state index in [9.17, 15) is 24.6 Å². The highest BCUT2D eigenvalue weighted by atomic mass is 16.7. The summed E-state index contributed by atoms with van der Waals surface area (Å²) in [5.41, 5.74) is 4.12. The SMILES string of the molecule is CC(C)CC(NC(=O)OCC1c2ccccc2-c2ccccc21)C(O)/C=C/C(O)C(CC(C)C)C(=O)On1nnc2ccccc2c1=O. The molecule has 4 unspecified atom stereocenters. The molecule has 0 fully saturated rings. The Bertz CT molecular complexity index is 1790. The van der Waals surface area contributed by atoms with E-state index in [0.29, 0.717) is 16.8 Å². The summed E-state index contributed by atoms with van der Waals surface area (Å²) >= 11 is 0. The summed E-state index contributed by atoms with van der Waals surface area (Å²) in [6.45, 7) is 7.81. The van der Waals surface area contributed by atoms with Crippen molar-refractivity contribution in [2.45, 2.75) is 64.7 Å². The van der Waals surface area contributed by atoms with Crippen molar-refractivity contribution in [2.24, 2.45) is 17.8 Å². The number of rotatable bonds is 13. The fourth-order valence-corrected chi connectivity index (χ4v) is 6.15. The molecule has 3 aromatic carbocycles. The van der Waals surface area contributed by atoms with Crippen LogP contribution in [0.25, 0.3) is 22.0 Å². The van der Waals surface area contributed by atoms with Crippen LogP contribution in [0.2, 0.25) is 0 Å². The molecule has 1 aromatic heterocycles. The largest absolute Gasteiger partial charge is 0.449 e. The van der Waals surface area contributed by atoms with Crippen molar-refractivity contribution in [3.63, 3.8) is 0 Å². The number of aromatic nitrogens is 3. The van der Waals surface area contributed by atoms with Crippen LogP contribution < -0.4 is 15.7 Å². The minimum Gasteiger partial charge on any atom is -0.449 e. The summed E-state index contributed by atoms with van der Waals surface area (Å²) in [6.07, 6.45) is 0.0693. The van der Waals surface area contributed by atoms with E-state index < -0.39 is 41.8 Å². The number of nitrogens with one attached hydrogen (secondary N) is 1. The van der Waals surface area contributed by atoms with Crippen molar-refractivity contribution < 1.29 is 29.4 Å². The highest BCUT2D eigenvalue weighted by Crippen LogP contribution is 2.44. The summed E-state index contributed by atoms with van der Waals surface area (Å²) in [4.78, 5) is 44.8. The fraction of sp³-hybridized carbons (Fsp3) is 0.378. The second-order valence-corrected chi connectivity index (χ2v) is 13.0. The van der Waals surface area contributed by atoms with Gasteiger partial charge in [0.1, 0.15) is 12.1 Å². The van der Waals surface area contributed by atoms with Crippen molar-refractivity contribution >= 4 is 23.0 Å². The number of hydrogen-bond donors (Lipinski definition) is 3. The lowest BCUT2D eigenvalue weighted by molar-refractivity contribution is -0.155. The van der Waals surface area contributed by atoms with Gasteiger partial charge >= 0.3 is 17.6 Å². The van der Waals surface area contributed by atoms with Crippen LogP contribution in [0.4, 0.5) is 4.79 Å². The lowest BCUT2D eigenvalue weighted by Gasteiger charge is -2.25. The Morgan fingerprint density at radius 3 is 2.08 bits per heavy atom. The molecule has 1 amide bonds. The zero-order valence-corrected chi connectivity index (χ0v) is 27.5. The van der Waals surface area contributed by atoms with E-state index in [1.54, 1.807) is 24.3 Å². The lowest BCUT2D eigenvalue weighted by Crippen LogP contribution is -2.44. The third-order valence-corrected chi connectivity index (χ3v) is 8.45. The van der Waals surface area contributed by atoms with Gasteiger partial charge in [0.2, 0.25) is 0 Å². The van der Waals surface area contributed by atoms with Crippen molar-refractivity contribution in [1.82, 2.24) is 20.5 Å². The average Bonchev–Trinajstić information content (AvgIpc) is 3.39. The van der Waals surface area contributed by atoms with Gasteiger partial charge in [-0.3, -0.25) is 4.79 Å². The number of aliphatic hydroxyl groups is 2. The van der Waals surface area contributed by atoms with Gasteiger partial charge in [-0.1, -0.05) is 101 Å². The molecule has 252 valence electrons. The number of carbonyl (C=O) groups is 2. The number of alkyl carbamates (subject to hydrolysis) is 1. The summed E-state index contributed by atoms with van der Waals surface area (Å²) in [7, 11) is 0. The first-order valence-corrected chi connectivity index (χ1v) is 16.3. The van der Waals surface area contributed by atoms with E-state index in [1.165, 1.54) is 12.2 Å². The number of benzene rings is 3. The molecule has 0 aliphatic heterocycles. The molecule has 0 spiro atoms. The smallest absolute Gasteiger partial charge is 0.407 e. The second-order valence-electron chi connectivity index (χ2n) is 13.0. The van der Waals surface area contributed by atoms with E-state index in [0.717, 1.165) is 22.3 Å². The monoisotopic (exact) mass is 654 g/mol. The van der Waals surface area contributed by atoms with Gasteiger partial charge in [-0.2, -0.15) is 0 Å². The molecule has 4 aromatic rings. The maximum absolute atomic E-state index is 13.2. The first kappa shape index (κ1) is 34.5. The van der Waals surface area contributed by atoms with Crippen molar-refractivity contribution in [2.75, 3.05) is 6.61 Å². The number of fused-ring (bicyclic) bond motifs is 4. The summed E-state index contributed by atoms with van der Waals surface area (Å²) in [6, 6.07) is 21.9. The molecular formula is C37H42N4O7. The number of nitrogens with zero attached hydrogens (tertiary/aromatic N) is 3. The van der Waals surface area contributed by atoms with E-state index in [-0.39, 0.29) is 36.2 Å². The number of amides is 1. The van der Waals surface area contributed by atoms with Gasteiger partial charge in [-0.05, 0) is 69.1 Å². The number of aliphatic hydroxyl groups excluding tert-OH is 2. The van der Waals surface area contributed by atoms with E-state index in [2.05, 4.69) is 27.8 Å². The Labute approximate surface area is 279 Å². The van der Waals surface area contributed by atoms with Crippen LogP contribution >= 0.6 is 0 Å². The van der Waals surface area contributed by atoms with Gasteiger partial charge in [-0.15, -0.1) is 5.10 Å². The van der Waals surface area contributed by atoms with E-state index in [1.807, 2.05) is 64.1 Å². The normalized spacial score (nSPS) is 15.2. The molecule has 1 heterocycles. The highest BCUT2D eigenvalue weighted by Gasteiger charge is 2.32. The van der Waals surface area contributed by atoms with Crippen LogP contribution in [0.1, 0.15) is 57.6 Å². The van der Waals surface area contributed by atoms with Gasteiger partial charge in [0.15, 0.2) is 0 Å². The first-order valence-electron chi connectivity index (χ1n) is 16.3. The van der Waals surface area contributed by atoms with Crippen LogP contribution in [0, 0.1) is 17.8 Å². The van der Waals surface area contributed by atoms with E-state index >= 15 is 0 Å². The van der Waals surface area contributed by atoms with Crippen LogP contribution in [0.3, 0.4) is 0 Å². The predicted molar refractivity (Wildman–Crippen MR) is 181 cm³/mol. The fourth-order valence-electron chi connectivity index (χ4n) is 6.15. The quantitative estimate of drug-likeness (QED) is 0.138. The molecule has 11 nitrogen and oxygen atoms in total. The second kappa shape index (κ2) is 15.4. The molecule has 5 rings (SSSR count). The molecule has 4 atom stereocenters. The third-order valence-electron chi connectivity index (χ3n) is 8.45. The number of carbonyl (C=O) groups excluding carboxylic acids is 2. The zero-order chi connectivity index (χ0) is 34.4. The Hall–Kier alpha value is -4.87. The highest BCUT2D eigenvalue weighted by molar-refractivity contribution is 5.79. The standard InChI is InChI=1S/C37H42N4O7/c1-22(2)19-29(36(45)48-41-35(44)28-15-9-10-16-31(28)39-40-41)33(42)17-18-34(43)32(20-23(3)4)38-37(46)47-21-30-26-13-7-5-11-24(26)25-12-6-8-14-27(25)30/h5-18,22-23,29-30,32-34,42-43H,19-21H2,1-4H3,(H,38,46)/b18-17+. The summed E-state index contributed by atoms with van der Waals surface area (Å²) in [5.74, 6) is -1.97. The zero-order valence-electron chi connectivity index (χ0n) is 27.5. The van der Waals surface area contributed by atoms with Crippen LogP contribution in [-0.2, 0) is 9.53 Å². The molecular weight excluding hydrogens is 612 g/mol. The third kappa shape index (κ3) is 7.98. The average molecular weight is 655 g/mol. The first-order chi connectivity index (χ1) is 23.0. The predicted octanol–water partition coefficient (Wildman–Crippen LogP) is 4.64. The van der Waals surface area contributed by atoms with Crippen molar-refractivity contribution in [1.29, 1.82) is 0 Å². The van der Waals surface area contributed by atoms with Crippen molar-refractivity contribution in [3.8, 4) is 11.1 Å². The topological polar surface area (TPSA) is 153 Å². The number of ether oxygens (including phenoxy) is 1. The van der Waals surface area contributed by atoms with Crippen LogP contribution in [0.5, 0.6) is 0 Å². The molecule has 0 bridgehead atoms. The van der Waals surface area contributed by atoms with Gasteiger partial charge in [0, 0.05) is 5.92 Å². The maximum atomic E-state index is 13.2. The molecule has 0 saturated heterocycles. The minimum atomic E-state index is -1.37. The Morgan fingerprint density at radius 2 is 1.44 bits per heavy atom. The van der Waals surface area contributed by atoms with Gasteiger partial charge in [0.05, 0.1) is 29.6 Å². The molecule has 1 aliphatic carbocycles. The Balaban J connectivity index is 1.24. The van der Waals surface area contributed by atoms with Gasteiger partial charge < -0.3 is 25.1 Å². The van der Waals surface area contributed by atoms with E-state index in [4.69, 9.17) is 9.57 Å². The summed E-state index contributed by atoms with van der Waals surface area (Å²) < 4.78 is 5.70. The molecule has 0 saturated carbocycles. The Morgan fingerprint density at radius 1 is 0.854 bits per heavy atom. The molecule has 48 heavy (non-hydrogen) atoms. The lowest BCUT2D eigenvalue weighted by atomic mass is 9.91. The van der Waals surface area contributed by atoms with Crippen LogP contribution in [-0.4, -0.2) is 62.3 Å². The van der Waals surface area contributed by atoms with Crippen molar-refractivity contribution in [3.05, 3.63) is 106 Å². The molecule has 11 heteroatoms.